The predicted molar refractivity (Wildman–Crippen MR) is 67.4 cm³/mol. The summed E-state index contributed by atoms with van der Waals surface area (Å²) in [4.78, 5) is 0. The van der Waals surface area contributed by atoms with Gasteiger partial charge in [-0.05, 0) is 38.5 Å². The van der Waals surface area contributed by atoms with Gasteiger partial charge in [-0.2, -0.15) is 0 Å². The van der Waals surface area contributed by atoms with Crippen LogP contribution >= 0.6 is 0 Å². The molecule has 0 spiro atoms. The van der Waals surface area contributed by atoms with Gasteiger partial charge in [0.15, 0.2) is 11.5 Å². The number of hydrogen-bond acceptors (Lipinski definition) is 4. The first-order valence-corrected chi connectivity index (χ1v) is 5.77. The zero-order valence-electron chi connectivity index (χ0n) is 10.6. The first-order valence-electron chi connectivity index (χ1n) is 5.77. The summed E-state index contributed by atoms with van der Waals surface area (Å²) in [7, 11) is 0. The Morgan fingerprint density at radius 1 is 1.18 bits per heavy atom. The zero-order valence-corrected chi connectivity index (χ0v) is 10.6. The molecule has 0 aliphatic heterocycles. The Balaban J connectivity index is 2.92. The molecule has 0 saturated carbocycles. The van der Waals surface area contributed by atoms with Crippen molar-refractivity contribution in [1.29, 1.82) is 0 Å². The second kappa shape index (κ2) is 6.78. The minimum absolute atomic E-state index is 0.594. The fourth-order valence-corrected chi connectivity index (χ4v) is 1.54. The van der Waals surface area contributed by atoms with Crippen LogP contribution in [0.3, 0.4) is 0 Å². The van der Waals surface area contributed by atoms with Gasteiger partial charge in [-0.1, -0.05) is 11.2 Å². The van der Waals surface area contributed by atoms with E-state index in [4.69, 9.17) is 14.7 Å². The Labute approximate surface area is 102 Å². The van der Waals surface area contributed by atoms with Crippen molar-refractivity contribution in [3.8, 4) is 11.5 Å². The Hall–Kier alpha value is -1.71. The topological polar surface area (TPSA) is 51.0 Å². The quantitative estimate of drug-likeness (QED) is 0.470. The summed E-state index contributed by atoms with van der Waals surface area (Å²) in [6.07, 6.45) is 0.600. The minimum Gasteiger partial charge on any atom is -0.490 e. The van der Waals surface area contributed by atoms with Crippen LogP contribution in [0.4, 0.5) is 0 Å². The highest BCUT2D eigenvalue weighted by Crippen LogP contribution is 2.28. The fourth-order valence-electron chi connectivity index (χ4n) is 1.54. The molecule has 0 bridgehead atoms. The molecule has 0 aromatic heterocycles. The number of hydrogen-bond donors (Lipinski definition) is 1. The highest BCUT2D eigenvalue weighted by atomic mass is 16.5. The van der Waals surface area contributed by atoms with E-state index in [9.17, 15) is 0 Å². The van der Waals surface area contributed by atoms with E-state index in [1.165, 1.54) is 0 Å². The molecular weight excluding hydrogens is 218 g/mol. The van der Waals surface area contributed by atoms with Crippen molar-refractivity contribution in [3.05, 3.63) is 23.8 Å². The van der Waals surface area contributed by atoms with Crippen LogP contribution in [0, 0.1) is 0 Å². The van der Waals surface area contributed by atoms with E-state index < -0.39 is 0 Å². The normalized spacial score (nSPS) is 11.4. The molecule has 0 saturated heterocycles. The van der Waals surface area contributed by atoms with E-state index >= 15 is 0 Å². The largest absolute Gasteiger partial charge is 0.490 e. The lowest BCUT2D eigenvalue weighted by Gasteiger charge is -2.12. The van der Waals surface area contributed by atoms with E-state index in [0.717, 1.165) is 17.1 Å². The molecule has 1 aromatic carbocycles. The van der Waals surface area contributed by atoms with Crippen LogP contribution in [0.2, 0.25) is 0 Å². The second-order valence-corrected chi connectivity index (χ2v) is 3.66. The van der Waals surface area contributed by atoms with Crippen LogP contribution in [0.1, 0.15) is 26.3 Å². The first-order chi connectivity index (χ1) is 8.21. The predicted octanol–water partition coefficient (Wildman–Crippen LogP) is 2.88. The highest BCUT2D eigenvalue weighted by molar-refractivity contribution is 5.83. The Bertz CT molecular complexity index is 388. The van der Waals surface area contributed by atoms with E-state index in [1.807, 2.05) is 32.0 Å². The van der Waals surface area contributed by atoms with E-state index in [0.29, 0.717) is 25.3 Å². The van der Waals surface area contributed by atoms with Gasteiger partial charge in [0.05, 0.1) is 18.9 Å². The third kappa shape index (κ3) is 3.98. The molecule has 17 heavy (non-hydrogen) atoms. The third-order valence-electron chi connectivity index (χ3n) is 2.24. The number of nitrogens with zero attached hydrogens (tertiary/aromatic N) is 1. The summed E-state index contributed by atoms with van der Waals surface area (Å²) in [6.45, 7) is 6.85. The highest BCUT2D eigenvalue weighted by Gasteiger charge is 2.06. The molecule has 0 radical (unpaired) electrons. The van der Waals surface area contributed by atoms with Gasteiger partial charge in [0.1, 0.15) is 0 Å². The Kier molecular flexibility index (Phi) is 5.33. The molecule has 0 aliphatic rings. The average molecular weight is 237 g/mol. The number of oxime groups is 1. The molecule has 94 valence electrons. The molecule has 0 unspecified atom stereocenters. The lowest BCUT2D eigenvalue weighted by atomic mass is 10.1. The maximum atomic E-state index is 8.64. The van der Waals surface area contributed by atoms with Crippen molar-refractivity contribution in [3.63, 3.8) is 0 Å². The maximum absolute atomic E-state index is 8.64. The first kappa shape index (κ1) is 13.4. The van der Waals surface area contributed by atoms with Gasteiger partial charge >= 0.3 is 0 Å². The maximum Gasteiger partial charge on any atom is 0.161 e. The van der Waals surface area contributed by atoms with Gasteiger partial charge in [-0.3, -0.25) is 0 Å². The van der Waals surface area contributed by atoms with E-state index in [1.54, 1.807) is 6.92 Å². The van der Waals surface area contributed by atoms with Crippen LogP contribution in [0.5, 0.6) is 11.5 Å². The second-order valence-electron chi connectivity index (χ2n) is 3.66. The molecule has 1 rings (SSSR count). The summed E-state index contributed by atoms with van der Waals surface area (Å²) in [5.74, 6) is 1.48. The molecule has 0 heterocycles. The standard InChI is InChI=1S/C13H19NO3/c1-4-16-12-7-6-11(8-10(3)14-15)9-13(12)17-5-2/h6-7,9,15H,4-5,8H2,1-3H3/b14-10-. The van der Waals surface area contributed by atoms with Crippen LogP contribution in [0.25, 0.3) is 0 Å². The number of ether oxygens (including phenoxy) is 2. The van der Waals surface area contributed by atoms with Gasteiger partial charge < -0.3 is 14.7 Å². The van der Waals surface area contributed by atoms with E-state index in [-0.39, 0.29) is 0 Å². The average Bonchev–Trinajstić information content (AvgIpc) is 2.33. The molecule has 0 atom stereocenters. The van der Waals surface area contributed by atoms with Crippen LogP contribution < -0.4 is 9.47 Å². The lowest BCUT2D eigenvalue weighted by Crippen LogP contribution is -2.01. The summed E-state index contributed by atoms with van der Waals surface area (Å²) >= 11 is 0. The lowest BCUT2D eigenvalue weighted by molar-refractivity contribution is 0.287. The van der Waals surface area contributed by atoms with Crippen LogP contribution in [-0.4, -0.2) is 24.1 Å². The van der Waals surface area contributed by atoms with Gasteiger partial charge in [0.25, 0.3) is 0 Å². The molecule has 4 nitrogen and oxygen atoms in total. The monoisotopic (exact) mass is 237 g/mol. The summed E-state index contributed by atoms with van der Waals surface area (Å²) in [5.41, 5.74) is 1.70. The van der Waals surface area contributed by atoms with Crippen LogP contribution in [-0.2, 0) is 6.42 Å². The summed E-state index contributed by atoms with van der Waals surface area (Å²) < 4.78 is 11.0. The van der Waals surface area contributed by atoms with Crippen molar-refractivity contribution in [2.75, 3.05) is 13.2 Å². The molecule has 0 amide bonds. The molecule has 0 aliphatic carbocycles. The smallest absolute Gasteiger partial charge is 0.161 e. The molecule has 1 N–H and O–H groups in total. The van der Waals surface area contributed by atoms with Gasteiger partial charge in [-0.15, -0.1) is 0 Å². The van der Waals surface area contributed by atoms with Gasteiger partial charge in [-0.25, -0.2) is 0 Å². The van der Waals surface area contributed by atoms with Crippen LogP contribution in [0.15, 0.2) is 23.4 Å². The zero-order chi connectivity index (χ0) is 12.7. The molecular formula is C13H19NO3. The Morgan fingerprint density at radius 2 is 1.82 bits per heavy atom. The number of benzene rings is 1. The SMILES string of the molecule is CCOc1ccc(C/C(C)=N\O)cc1OCC. The summed E-state index contributed by atoms with van der Waals surface area (Å²) in [6, 6.07) is 5.75. The summed E-state index contributed by atoms with van der Waals surface area (Å²) in [5, 5.41) is 11.8. The van der Waals surface area contributed by atoms with Crippen molar-refractivity contribution < 1.29 is 14.7 Å². The minimum atomic E-state index is 0.594. The van der Waals surface area contributed by atoms with Crippen molar-refractivity contribution >= 4 is 5.71 Å². The van der Waals surface area contributed by atoms with Crippen molar-refractivity contribution in [2.45, 2.75) is 27.2 Å². The molecule has 4 heteroatoms. The van der Waals surface area contributed by atoms with Crippen molar-refractivity contribution in [1.82, 2.24) is 0 Å². The van der Waals surface area contributed by atoms with Gasteiger partial charge in [0.2, 0.25) is 0 Å². The molecule has 1 aromatic rings. The third-order valence-corrected chi connectivity index (χ3v) is 2.24. The molecule has 0 fully saturated rings. The Morgan fingerprint density at radius 3 is 2.41 bits per heavy atom. The van der Waals surface area contributed by atoms with E-state index in [2.05, 4.69) is 5.16 Å². The van der Waals surface area contributed by atoms with Crippen molar-refractivity contribution in [2.24, 2.45) is 5.16 Å². The van der Waals surface area contributed by atoms with Gasteiger partial charge in [0, 0.05) is 6.42 Å². The number of rotatable bonds is 6. The fraction of sp³-hybridized carbons (Fsp3) is 0.462.